The van der Waals surface area contributed by atoms with Crippen LogP contribution in [0, 0.1) is 0 Å². The molecule has 8 heteroatoms. The van der Waals surface area contributed by atoms with Crippen molar-refractivity contribution in [1.82, 2.24) is 19.8 Å². The van der Waals surface area contributed by atoms with Gasteiger partial charge in [0.2, 0.25) is 5.91 Å². The monoisotopic (exact) mass is 455 g/mol. The Morgan fingerprint density at radius 2 is 1.94 bits per heavy atom. The largest absolute Gasteiger partial charge is 0.352 e. The van der Waals surface area contributed by atoms with E-state index in [1.165, 1.54) is 35.1 Å². The van der Waals surface area contributed by atoms with E-state index in [4.69, 9.17) is 9.97 Å². The molecule has 0 spiro atoms. The summed E-state index contributed by atoms with van der Waals surface area (Å²) < 4.78 is 0. The molecule has 0 radical (unpaired) electrons. The van der Waals surface area contributed by atoms with E-state index >= 15 is 0 Å². The van der Waals surface area contributed by atoms with Gasteiger partial charge in [0.1, 0.15) is 16.5 Å². The smallest absolute Gasteiger partial charge is 0.227 e. The Balaban J connectivity index is 1.40. The molecule has 5 rings (SSSR count). The van der Waals surface area contributed by atoms with Crippen molar-refractivity contribution in [3.63, 3.8) is 0 Å². The zero-order valence-corrected chi connectivity index (χ0v) is 19.9. The van der Waals surface area contributed by atoms with Gasteiger partial charge in [-0.1, -0.05) is 6.07 Å². The lowest BCUT2D eigenvalue weighted by molar-refractivity contribution is -0.130. The molecule has 4 heterocycles. The van der Waals surface area contributed by atoms with Crippen LogP contribution < -0.4 is 4.90 Å². The Hall–Kier alpha value is -2.03. The van der Waals surface area contributed by atoms with Gasteiger partial charge in [-0.15, -0.1) is 22.7 Å². The van der Waals surface area contributed by atoms with Gasteiger partial charge in [0.15, 0.2) is 0 Å². The topological polar surface area (TPSA) is 52.6 Å². The molecule has 0 aromatic carbocycles. The van der Waals surface area contributed by atoms with Crippen molar-refractivity contribution in [3.8, 4) is 0 Å². The molecular formula is C23H29N5OS2. The summed E-state index contributed by atoms with van der Waals surface area (Å²) in [6.45, 7) is 3.91. The summed E-state index contributed by atoms with van der Waals surface area (Å²) in [5.74, 6) is 2.21. The van der Waals surface area contributed by atoms with E-state index in [9.17, 15) is 4.79 Å². The van der Waals surface area contributed by atoms with E-state index in [2.05, 4.69) is 23.9 Å². The lowest BCUT2D eigenvalue weighted by atomic mass is 9.97. The molecule has 2 aliphatic rings. The molecule has 3 aromatic rings. The number of hydrogen-bond acceptors (Lipinski definition) is 7. The van der Waals surface area contributed by atoms with Crippen molar-refractivity contribution in [3.05, 3.63) is 38.7 Å². The van der Waals surface area contributed by atoms with E-state index in [0.717, 1.165) is 60.5 Å². The fourth-order valence-electron chi connectivity index (χ4n) is 4.61. The standard InChI is InChI=1S/C23H29N5OS2/c1-26(2)15-19-24-22(21-17-7-3-4-8-18(17)31-23(21)25-19)28-11-9-27(10-12-28)20(29)14-16-6-5-13-30-16/h5-6,13H,3-4,7-12,14-15H2,1-2H3. The Kier molecular flexibility index (Phi) is 5.95. The summed E-state index contributed by atoms with van der Waals surface area (Å²) in [5, 5.41) is 3.31. The molecule has 0 unspecified atom stereocenters. The van der Waals surface area contributed by atoms with Crippen molar-refractivity contribution in [1.29, 1.82) is 0 Å². The van der Waals surface area contributed by atoms with Gasteiger partial charge < -0.3 is 14.7 Å². The Morgan fingerprint density at radius 3 is 2.68 bits per heavy atom. The predicted octanol–water partition coefficient (Wildman–Crippen LogP) is 3.58. The van der Waals surface area contributed by atoms with Crippen LogP contribution in [-0.4, -0.2) is 65.9 Å². The van der Waals surface area contributed by atoms with Gasteiger partial charge in [0.05, 0.1) is 18.4 Å². The molecule has 3 aromatic heterocycles. The minimum atomic E-state index is 0.233. The van der Waals surface area contributed by atoms with Crippen LogP contribution in [0.5, 0.6) is 0 Å². The lowest BCUT2D eigenvalue weighted by Crippen LogP contribution is -2.49. The lowest BCUT2D eigenvalue weighted by Gasteiger charge is -2.36. The maximum atomic E-state index is 12.7. The maximum Gasteiger partial charge on any atom is 0.227 e. The first kappa shape index (κ1) is 20.8. The second-order valence-corrected chi connectivity index (χ2v) is 10.8. The van der Waals surface area contributed by atoms with Crippen LogP contribution in [0.3, 0.4) is 0 Å². The summed E-state index contributed by atoms with van der Waals surface area (Å²) in [7, 11) is 4.12. The van der Waals surface area contributed by atoms with Gasteiger partial charge in [-0.25, -0.2) is 9.97 Å². The number of amides is 1. The summed E-state index contributed by atoms with van der Waals surface area (Å²) >= 11 is 3.52. The zero-order chi connectivity index (χ0) is 21.4. The highest BCUT2D eigenvalue weighted by Crippen LogP contribution is 2.40. The van der Waals surface area contributed by atoms with E-state index < -0.39 is 0 Å². The summed E-state index contributed by atoms with van der Waals surface area (Å²) in [5.41, 5.74) is 1.48. The number of carbonyl (C=O) groups excluding carboxylic acids is 1. The third-order valence-corrected chi connectivity index (χ3v) is 8.20. The Morgan fingerprint density at radius 1 is 1.13 bits per heavy atom. The molecule has 164 valence electrons. The van der Waals surface area contributed by atoms with Crippen LogP contribution in [0.1, 0.15) is 34.0 Å². The van der Waals surface area contributed by atoms with Crippen LogP contribution in [0.4, 0.5) is 5.82 Å². The summed E-state index contributed by atoms with van der Waals surface area (Å²) in [4.78, 5) is 33.0. The fraction of sp³-hybridized carbons (Fsp3) is 0.522. The van der Waals surface area contributed by atoms with Crippen molar-refractivity contribution in [2.24, 2.45) is 0 Å². The van der Waals surface area contributed by atoms with Crippen LogP contribution in [-0.2, 0) is 30.6 Å². The summed E-state index contributed by atoms with van der Waals surface area (Å²) in [6, 6.07) is 4.06. The van der Waals surface area contributed by atoms with Crippen molar-refractivity contribution in [2.75, 3.05) is 45.2 Å². The van der Waals surface area contributed by atoms with Gasteiger partial charge in [-0.2, -0.15) is 0 Å². The number of nitrogens with zero attached hydrogens (tertiary/aromatic N) is 5. The Bertz CT molecular complexity index is 1070. The van der Waals surface area contributed by atoms with Crippen molar-refractivity contribution < 1.29 is 4.79 Å². The highest BCUT2D eigenvalue weighted by Gasteiger charge is 2.27. The number of rotatable bonds is 5. The molecule has 0 saturated carbocycles. The van der Waals surface area contributed by atoms with Crippen LogP contribution >= 0.6 is 22.7 Å². The van der Waals surface area contributed by atoms with Crippen molar-refractivity contribution in [2.45, 2.75) is 38.6 Å². The number of anilines is 1. The number of aromatic nitrogens is 2. The first-order valence-electron chi connectivity index (χ1n) is 11.1. The molecule has 6 nitrogen and oxygen atoms in total. The molecule has 1 aliphatic carbocycles. The maximum absolute atomic E-state index is 12.7. The minimum absolute atomic E-state index is 0.233. The third-order valence-electron chi connectivity index (χ3n) is 6.14. The quantitative estimate of drug-likeness (QED) is 0.589. The average molecular weight is 456 g/mol. The molecule has 1 saturated heterocycles. The zero-order valence-electron chi connectivity index (χ0n) is 18.3. The highest BCUT2D eigenvalue weighted by molar-refractivity contribution is 7.19. The number of carbonyl (C=O) groups is 1. The van der Waals surface area contributed by atoms with Crippen LogP contribution in [0.25, 0.3) is 10.2 Å². The second-order valence-electron chi connectivity index (χ2n) is 8.72. The van der Waals surface area contributed by atoms with E-state index in [1.54, 1.807) is 11.3 Å². The molecule has 0 atom stereocenters. The van der Waals surface area contributed by atoms with Gasteiger partial charge >= 0.3 is 0 Å². The highest BCUT2D eigenvalue weighted by atomic mass is 32.1. The average Bonchev–Trinajstić information content (AvgIpc) is 3.40. The van der Waals surface area contributed by atoms with Crippen LogP contribution in [0.2, 0.25) is 0 Å². The van der Waals surface area contributed by atoms with Crippen molar-refractivity contribution >= 4 is 44.6 Å². The molecule has 1 aliphatic heterocycles. The molecule has 1 amide bonds. The van der Waals surface area contributed by atoms with E-state index in [0.29, 0.717) is 6.42 Å². The number of thiophene rings is 2. The van der Waals surface area contributed by atoms with Gasteiger partial charge in [0, 0.05) is 35.9 Å². The van der Waals surface area contributed by atoms with Gasteiger partial charge in [-0.3, -0.25) is 4.79 Å². The second kappa shape index (κ2) is 8.84. The summed E-state index contributed by atoms with van der Waals surface area (Å²) in [6.07, 6.45) is 5.35. The first-order valence-corrected chi connectivity index (χ1v) is 12.8. The minimum Gasteiger partial charge on any atom is -0.352 e. The van der Waals surface area contributed by atoms with E-state index in [1.807, 2.05) is 33.7 Å². The predicted molar refractivity (Wildman–Crippen MR) is 128 cm³/mol. The molecular weight excluding hydrogens is 426 g/mol. The number of aryl methyl sites for hydroxylation is 2. The number of fused-ring (bicyclic) bond motifs is 3. The molecule has 0 N–H and O–H groups in total. The van der Waals surface area contributed by atoms with Gasteiger partial charge in [-0.05, 0) is 56.8 Å². The van der Waals surface area contributed by atoms with E-state index in [-0.39, 0.29) is 5.91 Å². The molecule has 0 bridgehead atoms. The number of piperazine rings is 1. The van der Waals surface area contributed by atoms with Gasteiger partial charge in [0.25, 0.3) is 0 Å². The molecule has 31 heavy (non-hydrogen) atoms. The first-order chi connectivity index (χ1) is 15.1. The normalized spacial score (nSPS) is 16.9. The fourth-order valence-corrected chi connectivity index (χ4v) is 6.58. The Labute approximate surface area is 191 Å². The third kappa shape index (κ3) is 4.33. The molecule has 1 fully saturated rings. The van der Waals surface area contributed by atoms with Crippen LogP contribution in [0.15, 0.2) is 17.5 Å². The SMILES string of the molecule is CN(C)Cc1nc(N2CCN(C(=O)Cc3cccs3)CC2)c2c3c(sc2n1)CCCC3. The number of hydrogen-bond donors (Lipinski definition) is 0.